The van der Waals surface area contributed by atoms with E-state index in [1.54, 1.807) is 0 Å². The standard InChI is InChI=1S/C16H25NO/c1-13-7-8-16(14(2)11-13)18-10-9-17-12-15-5-3-4-6-15/h7-8,11,15,17H,3-6,9-10,12H2,1-2H3. The molecule has 0 radical (unpaired) electrons. The summed E-state index contributed by atoms with van der Waals surface area (Å²) in [7, 11) is 0. The molecule has 1 N–H and O–H groups in total. The first-order chi connectivity index (χ1) is 8.75. The fourth-order valence-corrected chi connectivity index (χ4v) is 2.72. The van der Waals surface area contributed by atoms with E-state index in [-0.39, 0.29) is 0 Å². The van der Waals surface area contributed by atoms with Gasteiger partial charge >= 0.3 is 0 Å². The summed E-state index contributed by atoms with van der Waals surface area (Å²) in [6.07, 6.45) is 5.66. The van der Waals surface area contributed by atoms with E-state index in [2.05, 4.69) is 37.4 Å². The van der Waals surface area contributed by atoms with Crippen molar-refractivity contribution in [3.63, 3.8) is 0 Å². The van der Waals surface area contributed by atoms with Gasteiger partial charge in [0.1, 0.15) is 12.4 Å². The van der Waals surface area contributed by atoms with Crippen LogP contribution >= 0.6 is 0 Å². The first-order valence-electron chi connectivity index (χ1n) is 7.16. The second-order valence-electron chi connectivity index (χ2n) is 5.47. The van der Waals surface area contributed by atoms with Crippen LogP contribution in [-0.4, -0.2) is 19.7 Å². The van der Waals surface area contributed by atoms with Gasteiger partial charge in [-0.1, -0.05) is 30.5 Å². The maximum absolute atomic E-state index is 5.79. The van der Waals surface area contributed by atoms with E-state index in [0.29, 0.717) is 0 Å². The summed E-state index contributed by atoms with van der Waals surface area (Å²) >= 11 is 0. The molecule has 2 heteroatoms. The molecule has 2 nitrogen and oxygen atoms in total. The van der Waals surface area contributed by atoms with Crippen molar-refractivity contribution in [1.29, 1.82) is 0 Å². The Morgan fingerprint density at radius 1 is 1.22 bits per heavy atom. The van der Waals surface area contributed by atoms with Crippen LogP contribution in [0.1, 0.15) is 36.8 Å². The van der Waals surface area contributed by atoms with E-state index in [1.807, 2.05) is 0 Å². The third-order valence-electron chi connectivity index (χ3n) is 3.77. The average molecular weight is 247 g/mol. The van der Waals surface area contributed by atoms with Gasteiger partial charge in [-0.3, -0.25) is 0 Å². The highest BCUT2D eigenvalue weighted by molar-refractivity contribution is 5.35. The highest BCUT2D eigenvalue weighted by atomic mass is 16.5. The lowest BCUT2D eigenvalue weighted by Gasteiger charge is -2.12. The van der Waals surface area contributed by atoms with Crippen LogP contribution in [0.3, 0.4) is 0 Å². The zero-order chi connectivity index (χ0) is 12.8. The summed E-state index contributed by atoms with van der Waals surface area (Å²) in [4.78, 5) is 0. The molecule has 0 bridgehead atoms. The van der Waals surface area contributed by atoms with E-state index in [1.165, 1.54) is 36.8 Å². The number of benzene rings is 1. The topological polar surface area (TPSA) is 21.3 Å². The number of hydrogen-bond donors (Lipinski definition) is 1. The molecule has 0 heterocycles. The minimum absolute atomic E-state index is 0.761. The molecule has 2 rings (SSSR count). The summed E-state index contributed by atoms with van der Waals surface area (Å²) in [5.41, 5.74) is 2.52. The molecule has 0 aliphatic heterocycles. The maximum atomic E-state index is 5.79. The largest absolute Gasteiger partial charge is 0.492 e. The molecule has 1 aliphatic rings. The summed E-state index contributed by atoms with van der Waals surface area (Å²) in [5.74, 6) is 1.93. The van der Waals surface area contributed by atoms with Crippen molar-refractivity contribution in [3.05, 3.63) is 29.3 Å². The van der Waals surface area contributed by atoms with Crippen molar-refractivity contribution in [2.45, 2.75) is 39.5 Å². The van der Waals surface area contributed by atoms with Gasteiger partial charge < -0.3 is 10.1 Å². The van der Waals surface area contributed by atoms with Gasteiger partial charge in [0.25, 0.3) is 0 Å². The third kappa shape index (κ3) is 4.02. The molecule has 0 atom stereocenters. The Labute approximate surface area is 111 Å². The van der Waals surface area contributed by atoms with E-state index in [9.17, 15) is 0 Å². The quantitative estimate of drug-likeness (QED) is 0.777. The summed E-state index contributed by atoms with van der Waals surface area (Å²) in [6, 6.07) is 6.34. The second kappa shape index (κ2) is 6.79. The Hall–Kier alpha value is -1.02. The highest BCUT2D eigenvalue weighted by Gasteiger charge is 2.13. The molecule has 1 saturated carbocycles. The van der Waals surface area contributed by atoms with E-state index in [0.717, 1.165) is 31.4 Å². The van der Waals surface area contributed by atoms with Crippen molar-refractivity contribution in [3.8, 4) is 5.75 Å². The van der Waals surface area contributed by atoms with Crippen LogP contribution in [0.15, 0.2) is 18.2 Å². The van der Waals surface area contributed by atoms with Gasteiger partial charge in [0.05, 0.1) is 0 Å². The fourth-order valence-electron chi connectivity index (χ4n) is 2.72. The average Bonchev–Trinajstić information content (AvgIpc) is 2.84. The zero-order valence-corrected chi connectivity index (χ0v) is 11.7. The third-order valence-corrected chi connectivity index (χ3v) is 3.77. The summed E-state index contributed by atoms with van der Waals surface area (Å²) in [5, 5.41) is 3.50. The van der Waals surface area contributed by atoms with Gasteiger partial charge in [-0.2, -0.15) is 0 Å². The van der Waals surface area contributed by atoms with Crippen LogP contribution in [-0.2, 0) is 0 Å². The van der Waals surface area contributed by atoms with Gasteiger partial charge in [-0.25, -0.2) is 0 Å². The van der Waals surface area contributed by atoms with Crippen LogP contribution in [0.5, 0.6) is 5.75 Å². The van der Waals surface area contributed by atoms with Gasteiger partial charge in [0, 0.05) is 6.54 Å². The van der Waals surface area contributed by atoms with Crippen molar-refractivity contribution < 1.29 is 4.74 Å². The highest BCUT2D eigenvalue weighted by Crippen LogP contribution is 2.23. The second-order valence-corrected chi connectivity index (χ2v) is 5.47. The predicted molar refractivity (Wildman–Crippen MR) is 76.2 cm³/mol. The van der Waals surface area contributed by atoms with Crippen molar-refractivity contribution in [2.75, 3.05) is 19.7 Å². The Morgan fingerprint density at radius 3 is 2.72 bits per heavy atom. The Bertz CT molecular complexity index is 369. The smallest absolute Gasteiger partial charge is 0.122 e. The van der Waals surface area contributed by atoms with E-state index >= 15 is 0 Å². The van der Waals surface area contributed by atoms with Crippen LogP contribution in [0.4, 0.5) is 0 Å². The van der Waals surface area contributed by atoms with Crippen LogP contribution in [0.2, 0.25) is 0 Å². The lowest BCUT2D eigenvalue weighted by molar-refractivity contribution is 0.307. The molecule has 1 aromatic carbocycles. The molecule has 18 heavy (non-hydrogen) atoms. The maximum Gasteiger partial charge on any atom is 0.122 e. The normalized spacial score (nSPS) is 16.1. The number of rotatable bonds is 6. The molecule has 100 valence electrons. The first-order valence-corrected chi connectivity index (χ1v) is 7.16. The monoisotopic (exact) mass is 247 g/mol. The van der Waals surface area contributed by atoms with E-state index < -0.39 is 0 Å². The van der Waals surface area contributed by atoms with Gasteiger partial charge in [0.15, 0.2) is 0 Å². The Kier molecular flexibility index (Phi) is 5.06. The Morgan fingerprint density at radius 2 is 2.00 bits per heavy atom. The van der Waals surface area contributed by atoms with Crippen LogP contribution in [0.25, 0.3) is 0 Å². The van der Waals surface area contributed by atoms with Crippen molar-refractivity contribution >= 4 is 0 Å². The SMILES string of the molecule is Cc1ccc(OCCNCC2CCCC2)c(C)c1. The predicted octanol–water partition coefficient (Wildman–Crippen LogP) is 3.46. The zero-order valence-electron chi connectivity index (χ0n) is 11.7. The lowest BCUT2D eigenvalue weighted by Crippen LogP contribution is -2.26. The van der Waals surface area contributed by atoms with E-state index in [4.69, 9.17) is 4.74 Å². The number of aryl methyl sites for hydroxylation is 2. The van der Waals surface area contributed by atoms with Crippen LogP contribution < -0.4 is 10.1 Å². The molecule has 0 saturated heterocycles. The van der Waals surface area contributed by atoms with Gasteiger partial charge in [-0.05, 0) is 50.8 Å². The molecular formula is C16H25NO. The van der Waals surface area contributed by atoms with Crippen LogP contribution in [0, 0.1) is 19.8 Å². The minimum atomic E-state index is 0.761. The fraction of sp³-hybridized carbons (Fsp3) is 0.625. The molecule has 1 fully saturated rings. The summed E-state index contributed by atoms with van der Waals surface area (Å²) in [6.45, 7) is 7.09. The number of hydrogen-bond acceptors (Lipinski definition) is 2. The van der Waals surface area contributed by atoms with Gasteiger partial charge in [0.2, 0.25) is 0 Å². The molecule has 0 amide bonds. The van der Waals surface area contributed by atoms with Crippen molar-refractivity contribution in [2.24, 2.45) is 5.92 Å². The summed E-state index contributed by atoms with van der Waals surface area (Å²) < 4.78 is 5.79. The molecular weight excluding hydrogens is 222 g/mol. The molecule has 1 aliphatic carbocycles. The molecule has 0 aromatic heterocycles. The number of ether oxygens (including phenoxy) is 1. The first kappa shape index (κ1) is 13.4. The number of nitrogens with one attached hydrogen (secondary N) is 1. The van der Waals surface area contributed by atoms with Gasteiger partial charge in [-0.15, -0.1) is 0 Å². The van der Waals surface area contributed by atoms with Crippen molar-refractivity contribution in [1.82, 2.24) is 5.32 Å². The molecule has 0 spiro atoms. The molecule has 1 aromatic rings. The molecule has 0 unspecified atom stereocenters. The lowest BCUT2D eigenvalue weighted by atomic mass is 10.1. The minimum Gasteiger partial charge on any atom is -0.492 e. The Balaban J connectivity index is 1.62.